The van der Waals surface area contributed by atoms with Crippen molar-refractivity contribution in [1.82, 2.24) is 9.62 Å². The van der Waals surface area contributed by atoms with E-state index < -0.39 is 21.7 Å². The van der Waals surface area contributed by atoms with Gasteiger partial charge in [-0.1, -0.05) is 6.07 Å². The summed E-state index contributed by atoms with van der Waals surface area (Å²) in [5.74, 6) is -0.332. The minimum absolute atomic E-state index is 0.0440. The number of alkyl carbamates (subject to hydrolysis) is 1. The molecule has 0 radical (unpaired) electrons. The molecule has 0 aliphatic carbocycles. The Bertz CT molecular complexity index is 780. The lowest BCUT2D eigenvalue weighted by atomic mass is 10.2. The van der Waals surface area contributed by atoms with Crippen molar-refractivity contribution in [2.24, 2.45) is 0 Å². The lowest BCUT2D eigenvalue weighted by molar-refractivity contribution is -0.116. The van der Waals surface area contributed by atoms with Crippen molar-refractivity contribution < 1.29 is 22.7 Å². The fraction of sp³-hybridized carbons (Fsp3) is 0.556. The van der Waals surface area contributed by atoms with Crippen molar-refractivity contribution in [3.63, 3.8) is 0 Å². The third-order valence-corrected chi connectivity index (χ3v) is 5.74. The normalized spacial score (nSPS) is 15.4. The van der Waals surface area contributed by atoms with Crippen molar-refractivity contribution in [3.8, 4) is 0 Å². The van der Waals surface area contributed by atoms with Crippen LogP contribution in [-0.2, 0) is 19.6 Å². The van der Waals surface area contributed by atoms with Crippen LogP contribution in [0.25, 0.3) is 0 Å². The van der Waals surface area contributed by atoms with Gasteiger partial charge in [0.05, 0.1) is 4.90 Å². The summed E-state index contributed by atoms with van der Waals surface area (Å²) in [6, 6.07) is 6.19. The highest BCUT2D eigenvalue weighted by Gasteiger charge is 2.27. The predicted octanol–water partition coefficient (Wildman–Crippen LogP) is 2.32. The SMILES string of the molecule is CC(C)(C)OC(=O)NCCC(=O)Nc1cccc(S(=O)(=O)N2CCCC2)c1. The van der Waals surface area contributed by atoms with Gasteiger partial charge in [-0.05, 0) is 51.8 Å². The van der Waals surface area contributed by atoms with Crippen LogP contribution in [0.3, 0.4) is 0 Å². The maximum Gasteiger partial charge on any atom is 0.407 e. The highest BCUT2D eigenvalue weighted by Crippen LogP contribution is 2.23. The number of ether oxygens (including phenoxy) is 1. The van der Waals surface area contributed by atoms with E-state index >= 15 is 0 Å². The molecule has 0 aromatic heterocycles. The third kappa shape index (κ3) is 6.51. The van der Waals surface area contributed by atoms with Crippen molar-refractivity contribution in [2.75, 3.05) is 25.0 Å². The minimum Gasteiger partial charge on any atom is -0.444 e. The van der Waals surface area contributed by atoms with Gasteiger partial charge in [-0.15, -0.1) is 0 Å². The monoisotopic (exact) mass is 397 g/mol. The second-order valence-electron chi connectivity index (χ2n) is 7.37. The number of hydrogen-bond acceptors (Lipinski definition) is 5. The number of anilines is 1. The fourth-order valence-corrected chi connectivity index (χ4v) is 4.19. The first-order valence-electron chi connectivity index (χ1n) is 8.95. The first-order valence-corrected chi connectivity index (χ1v) is 10.4. The second-order valence-corrected chi connectivity index (χ2v) is 9.30. The largest absolute Gasteiger partial charge is 0.444 e. The number of carbonyl (C=O) groups is 2. The van der Waals surface area contributed by atoms with Gasteiger partial charge in [-0.25, -0.2) is 13.2 Å². The zero-order valence-electron chi connectivity index (χ0n) is 15.9. The Hall–Kier alpha value is -2.13. The summed E-state index contributed by atoms with van der Waals surface area (Å²) in [4.78, 5) is 23.7. The molecule has 2 amide bonds. The van der Waals surface area contributed by atoms with E-state index in [2.05, 4.69) is 10.6 Å². The van der Waals surface area contributed by atoms with Gasteiger partial charge in [0.15, 0.2) is 0 Å². The number of sulfonamides is 1. The first kappa shape index (κ1) is 21.2. The van der Waals surface area contributed by atoms with Gasteiger partial charge in [0, 0.05) is 31.7 Å². The zero-order valence-corrected chi connectivity index (χ0v) is 16.8. The van der Waals surface area contributed by atoms with Crippen LogP contribution in [-0.4, -0.2) is 50.0 Å². The van der Waals surface area contributed by atoms with E-state index in [0.29, 0.717) is 18.8 Å². The Morgan fingerprint density at radius 1 is 1.19 bits per heavy atom. The maximum atomic E-state index is 12.6. The van der Waals surface area contributed by atoms with E-state index in [9.17, 15) is 18.0 Å². The molecule has 1 saturated heterocycles. The molecule has 0 unspecified atom stereocenters. The molecule has 0 atom stereocenters. The predicted molar refractivity (Wildman–Crippen MR) is 102 cm³/mol. The lowest BCUT2D eigenvalue weighted by Gasteiger charge is -2.19. The number of hydrogen-bond donors (Lipinski definition) is 2. The Balaban J connectivity index is 1.88. The van der Waals surface area contributed by atoms with E-state index in [4.69, 9.17) is 4.74 Å². The smallest absolute Gasteiger partial charge is 0.407 e. The van der Waals surface area contributed by atoms with Crippen LogP contribution >= 0.6 is 0 Å². The number of rotatable bonds is 6. The molecule has 2 N–H and O–H groups in total. The molecule has 1 aliphatic rings. The molecular formula is C18H27N3O5S. The maximum absolute atomic E-state index is 12.6. The average molecular weight is 397 g/mol. The molecule has 8 nitrogen and oxygen atoms in total. The van der Waals surface area contributed by atoms with E-state index in [1.807, 2.05) is 0 Å². The average Bonchev–Trinajstić information content (AvgIpc) is 3.08. The molecule has 1 aliphatic heterocycles. The van der Waals surface area contributed by atoms with Crippen LogP contribution in [0.2, 0.25) is 0 Å². The lowest BCUT2D eigenvalue weighted by Crippen LogP contribution is -2.34. The Morgan fingerprint density at radius 3 is 2.48 bits per heavy atom. The van der Waals surface area contributed by atoms with Gasteiger partial charge >= 0.3 is 6.09 Å². The van der Waals surface area contributed by atoms with Crippen molar-refractivity contribution in [3.05, 3.63) is 24.3 Å². The summed E-state index contributed by atoms with van der Waals surface area (Å²) < 4.78 is 31.7. The van der Waals surface area contributed by atoms with Crippen LogP contribution in [0, 0.1) is 0 Å². The zero-order chi connectivity index (χ0) is 20.1. The number of amides is 2. The Morgan fingerprint density at radius 2 is 1.85 bits per heavy atom. The van der Waals surface area contributed by atoms with E-state index in [1.165, 1.54) is 16.4 Å². The van der Waals surface area contributed by atoms with Gasteiger partial charge in [-0.3, -0.25) is 4.79 Å². The standard InChI is InChI=1S/C18H27N3O5S/c1-18(2,3)26-17(23)19-10-9-16(22)20-14-7-6-8-15(13-14)27(24,25)21-11-4-5-12-21/h6-8,13H,4-5,9-12H2,1-3H3,(H,19,23)(H,20,22). The second kappa shape index (κ2) is 8.71. The van der Waals surface area contributed by atoms with Crippen LogP contribution in [0.15, 0.2) is 29.2 Å². The molecule has 27 heavy (non-hydrogen) atoms. The summed E-state index contributed by atoms with van der Waals surface area (Å²) in [6.07, 6.45) is 1.18. The summed E-state index contributed by atoms with van der Waals surface area (Å²) in [5, 5.41) is 5.16. The number of benzene rings is 1. The molecule has 1 fully saturated rings. The molecule has 1 aromatic carbocycles. The van der Waals surface area contributed by atoms with Gasteiger partial charge in [0.2, 0.25) is 15.9 Å². The van der Waals surface area contributed by atoms with Gasteiger partial charge in [-0.2, -0.15) is 4.31 Å². The highest BCUT2D eigenvalue weighted by atomic mass is 32.2. The molecule has 1 aromatic rings. The quantitative estimate of drug-likeness (QED) is 0.766. The molecular weight excluding hydrogens is 370 g/mol. The van der Waals surface area contributed by atoms with Crippen LogP contribution in [0.1, 0.15) is 40.0 Å². The molecule has 0 saturated carbocycles. The molecule has 0 bridgehead atoms. The van der Waals surface area contributed by atoms with Gasteiger partial charge in [0.25, 0.3) is 0 Å². The van der Waals surface area contributed by atoms with Gasteiger partial charge in [0.1, 0.15) is 5.60 Å². The Kier molecular flexibility index (Phi) is 6.83. The van der Waals surface area contributed by atoms with Crippen molar-refractivity contribution in [2.45, 2.75) is 50.5 Å². The topological polar surface area (TPSA) is 105 Å². The summed E-state index contributed by atoms with van der Waals surface area (Å²) in [6.45, 7) is 6.42. The first-order chi connectivity index (χ1) is 12.6. The number of nitrogens with zero attached hydrogens (tertiary/aromatic N) is 1. The number of nitrogens with one attached hydrogen (secondary N) is 2. The summed E-state index contributed by atoms with van der Waals surface area (Å²) >= 11 is 0. The third-order valence-electron chi connectivity index (χ3n) is 3.84. The van der Waals surface area contributed by atoms with Crippen LogP contribution in [0.4, 0.5) is 10.5 Å². The van der Waals surface area contributed by atoms with E-state index in [-0.39, 0.29) is 23.8 Å². The minimum atomic E-state index is -3.53. The molecule has 2 rings (SSSR count). The van der Waals surface area contributed by atoms with Crippen LogP contribution in [0.5, 0.6) is 0 Å². The molecule has 0 spiro atoms. The van der Waals surface area contributed by atoms with Crippen LogP contribution < -0.4 is 10.6 Å². The van der Waals surface area contributed by atoms with Crippen molar-refractivity contribution >= 4 is 27.7 Å². The molecule has 150 valence electrons. The van der Waals surface area contributed by atoms with Crippen molar-refractivity contribution in [1.29, 1.82) is 0 Å². The van der Waals surface area contributed by atoms with E-state index in [0.717, 1.165) is 12.8 Å². The Labute approximate surface area is 160 Å². The highest BCUT2D eigenvalue weighted by molar-refractivity contribution is 7.89. The van der Waals surface area contributed by atoms with Gasteiger partial charge < -0.3 is 15.4 Å². The molecule has 1 heterocycles. The summed E-state index contributed by atoms with van der Waals surface area (Å²) in [7, 11) is -3.53. The molecule has 9 heteroatoms. The fourth-order valence-electron chi connectivity index (χ4n) is 2.63. The number of carbonyl (C=O) groups excluding carboxylic acids is 2. The summed E-state index contributed by atoms with van der Waals surface area (Å²) in [5.41, 5.74) is -0.203. The van der Waals surface area contributed by atoms with E-state index in [1.54, 1.807) is 32.9 Å².